The summed E-state index contributed by atoms with van der Waals surface area (Å²) in [7, 11) is 0. The van der Waals surface area contributed by atoms with Crippen LogP contribution in [0, 0.1) is 0 Å². The van der Waals surface area contributed by atoms with Crippen LogP contribution in [0.15, 0.2) is 24.3 Å². The fourth-order valence-electron chi connectivity index (χ4n) is 1.24. The van der Waals surface area contributed by atoms with Crippen LogP contribution in [0.25, 0.3) is 11.0 Å². The molecule has 1 N–H and O–H groups in total. The first-order valence-electron chi connectivity index (χ1n) is 4.92. The van der Waals surface area contributed by atoms with E-state index >= 15 is 0 Å². The number of benzene rings is 1. The lowest BCUT2D eigenvalue weighted by Crippen LogP contribution is -2.12. The van der Waals surface area contributed by atoms with Gasteiger partial charge in [-0.1, -0.05) is 32.9 Å². The molecule has 0 saturated heterocycles. The number of hydrogen-bond acceptors (Lipinski definition) is 1. The minimum absolute atomic E-state index is 0.0826. The minimum Gasteiger partial charge on any atom is -0.342 e. The molecule has 0 saturated carbocycles. The summed E-state index contributed by atoms with van der Waals surface area (Å²) < 4.78 is 7.93. The van der Waals surface area contributed by atoms with E-state index in [2.05, 4.69) is 25.8 Å². The summed E-state index contributed by atoms with van der Waals surface area (Å²) in [6, 6.07) is 7.74. The first-order valence-corrected chi connectivity index (χ1v) is 4.47. The zero-order valence-corrected chi connectivity index (χ0v) is 8.20. The van der Waals surface area contributed by atoms with Crippen molar-refractivity contribution in [2.75, 3.05) is 0 Å². The quantitative estimate of drug-likeness (QED) is 0.655. The summed E-state index contributed by atoms with van der Waals surface area (Å²) in [4.78, 5) is 5.88. The van der Waals surface area contributed by atoms with E-state index in [4.69, 9.17) is 1.41 Å². The van der Waals surface area contributed by atoms with Gasteiger partial charge in [0.2, 0.25) is 0 Å². The Morgan fingerprint density at radius 2 is 2.00 bits per heavy atom. The molecule has 0 aliphatic rings. The van der Waals surface area contributed by atoms with Gasteiger partial charge >= 0.3 is 0 Å². The van der Waals surface area contributed by atoms with Crippen molar-refractivity contribution in [3.63, 3.8) is 0 Å². The first-order chi connectivity index (χ1) is 6.50. The summed E-state index contributed by atoms with van der Waals surface area (Å²) >= 11 is 0. The molecule has 0 radical (unpaired) electrons. The maximum atomic E-state index is 7.93. The standard InChI is InChI=1S/C11H14N2/c1-11(2,3)10-12-8-6-4-5-7-9(8)13-10/h4-7H,1-3H3,(H,12,13)/i/hD. The fraction of sp³-hybridized carbons (Fsp3) is 0.364. The molecule has 0 spiro atoms. The molecule has 0 unspecified atom stereocenters. The largest absolute Gasteiger partial charge is 0.342 e. The third-order valence-electron chi connectivity index (χ3n) is 2.01. The molecule has 1 heterocycles. The zero-order valence-electron chi connectivity index (χ0n) is 9.20. The van der Waals surface area contributed by atoms with E-state index < -0.39 is 0 Å². The second-order valence-electron chi connectivity index (χ2n) is 4.29. The van der Waals surface area contributed by atoms with Crippen molar-refractivity contribution in [3.8, 4) is 0 Å². The summed E-state index contributed by atoms with van der Waals surface area (Å²) in [5.41, 5.74) is 1.69. The van der Waals surface area contributed by atoms with Crippen LogP contribution >= 0.6 is 0 Å². The molecule has 0 bridgehead atoms. The van der Waals surface area contributed by atoms with Gasteiger partial charge in [-0.05, 0) is 12.1 Å². The smallest absolute Gasteiger partial charge is 0.168 e. The van der Waals surface area contributed by atoms with E-state index in [-0.39, 0.29) is 5.41 Å². The first kappa shape index (κ1) is 7.13. The average Bonchev–Trinajstić information content (AvgIpc) is 2.44. The highest BCUT2D eigenvalue weighted by Gasteiger charge is 2.17. The van der Waals surface area contributed by atoms with Crippen molar-refractivity contribution >= 4 is 11.0 Å². The monoisotopic (exact) mass is 175 g/mol. The predicted octanol–water partition coefficient (Wildman–Crippen LogP) is 2.86. The van der Waals surface area contributed by atoms with Crippen LogP contribution in [-0.4, -0.2) is 9.96 Å². The number of rotatable bonds is 0. The van der Waals surface area contributed by atoms with Crippen LogP contribution in [0.3, 0.4) is 0 Å². The minimum atomic E-state index is -0.0826. The Kier molecular flexibility index (Phi) is 1.42. The molecule has 2 nitrogen and oxygen atoms in total. The van der Waals surface area contributed by atoms with E-state index in [0.29, 0.717) is 0 Å². The Hall–Kier alpha value is -1.31. The number of nitrogens with one attached hydrogen (secondary N) is 1. The fourth-order valence-corrected chi connectivity index (χ4v) is 1.24. The van der Waals surface area contributed by atoms with Gasteiger partial charge in [-0.25, -0.2) is 4.98 Å². The Bertz CT molecular complexity index is 466. The van der Waals surface area contributed by atoms with Crippen molar-refractivity contribution in [1.29, 1.82) is 0 Å². The van der Waals surface area contributed by atoms with Crippen LogP contribution in [0.5, 0.6) is 0 Å². The highest BCUT2D eigenvalue weighted by molar-refractivity contribution is 5.74. The molecule has 0 aliphatic heterocycles. The second-order valence-corrected chi connectivity index (χ2v) is 4.29. The number of imidazole rings is 1. The van der Waals surface area contributed by atoms with Gasteiger partial charge in [-0.2, -0.15) is 0 Å². The maximum Gasteiger partial charge on any atom is 0.168 e. The van der Waals surface area contributed by atoms with E-state index in [0.717, 1.165) is 16.9 Å². The molecule has 0 aliphatic carbocycles. The van der Waals surface area contributed by atoms with Gasteiger partial charge in [0.15, 0.2) is 1.41 Å². The lowest BCUT2D eigenvalue weighted by atomic mass is 9.96. The molecule has 0 atom stereocenters. The SMILES string of the molecule is [2H]n1c(C(C)(C)C)nc2ccccc21. The van der Waals surface area contributed by atoms with Crippen LogP contribution in [0.2, 0.25) is 1.41 Å². The Labute approximate surface area is 79.5 Å². The number of aromatic nitrogens is 2. The van der Waals surface area contributed by atoms with Gasteiger partial charge in [0.1, 0.15) is 5.82 Å². The Morgan fingerprint density at radius 3 is 2.62 bits per heavy atom. The molecular formula is C11H14N2. The molecule has 1 aromatic heterocycles. The summed E-state index contributed by atoms with van der Waals surface area (Å²) in [5.74, 6) is 0.804. The third-order valence-corrected chi connectivity index (χ3v) is 2.01. The molecular weight excluding hydrogens is 160 g/mol. The second kappa shape index (κ2) is 2.59. The number of fused-ring (bicyclic) bond motifs is 1. The van der Waals surface area contributed by atoms with Crippen molar-refractivity contribution in [2.24, 2.45) is 0 Å². The summed E-state index contributed by atoms with van der Waals surface area (Å²) in [6.45, 7) is 6.21. The molecule has 2 heteroatoms. The third kappa shape index (κ3) is 1.44. The molecule has 2 aromatic rings. The molecule has 0 fully saturated rings. The lowest BCUT2D eigenvalue weighted by molar-refractivity contribution is 0.554. The van der Waals surface area contributed by atoms with Crippen molar-refractivity contribution in [1.82, 2.24) is 9.96 Å². The van der Waals surface area contributed by atoms with Gasteiger partial charge in [0, 0.05) is 5.41 Å². The number of hydrogen-bond donors (Lipinski definition) is 1. The molecule has 2 rings (SSSR count). The molecule has 68 valence electrons. The number of H-pyrrole nitrogens is 1. The molecule has 13 heavy (non-hydrogen) atoms. The Morgan fingerprint density at radius 1 is 1.31 bits per heavy atom. The number of aromatic amines is 1. The van der Waals surface area contributed by atoms with Crippen LogP contribution in [0.4, 0.5) is 0 Å². The summed E-state index contributed by atoms with van der Waals surface area (Å²) in [6.07, 6.45) is 0. The average molecular weight is 175 g/mol. The summed E-state index contributed by atoms with van der Waals surface area (Å²) in [5, 5.41) is 0. The zero-order chi connectivity index (χ0) is 10.3. The van der Waals surface area contributed by atoms with E-state index in [9.17, 15) is 0 Å². The highest BCUT2D eigenvalue weighted by atomic mass is 14.9. The van der Waals surface area contributed by atoms with E-state index in [1.807, 2.05) is 24.3 Å². The highest BCUT2D eigenvalue weighted by Crippen LogP contribution is 2.21. The Balaban J connectivity index is 2.75. The van der Waals surface area contributed by atoms with Gasteiger partial charge in [-0.15, -0.1) is 0 Å². The normalized spacial score (nSPS) is 13.3. The van der Waals surface area contributed by atoms with Crippen LogP contribution < -0.4 is 0 Å². The van der Waals surface area contributed by atoms with E-state index in [1.165, 1.54) is 4.98 Å². The van der Waals surface area contributed by atoms with E-state index in [1.54, 1.807) is 0 Å². The lowest BCUT2D eigenvalue weighted by Gasteiger charge is -2.13. The van der Waals surface area contributed by atoms with Gasteiger partial charge in [-0.3, -0.25) is 0 Å². The van der Waals surface area contributed by atoms with Gasteiger partial charge in [0.05, 0.1) is 11.0 Å². The molecule has 1 aromatic carbocycles. The van der Waals surface area contributed by atoms with Crippen LogP contribution in [-0.2, 0) is 5.41 Å². The predicted molar refractivity (Wildman–Crippen MR) is 54.8 cm³/mol. The topological polar surface area (TPSA) is 28.7 Å². The van der Waals surface area contributed by atoms with Crippen molar-refractivity contribution in [3.05, 3.63) is 30.1 Å². The maximum absolute atomic E-state index is 7.93. The van der Waals surface area contributed by atoms with Crippen molar-refractivity contribution < 1.29 is 1.41 Å². The molecule has 0 amide bonds. The van der Waals surface area contributed by atoms with Crippen molar-refractivity contribution in [2.45, 2.75) is 26.2 Å². The van der Waals surface area contributed by atoms with Gasteiger partial charge in [0.25, 0.3) is 0 Å². The van der Waals surface area contributed by atoms with Gasteiger partial charge < -0.3 is 4.98 Å². The number of para-hydroxylation sites is 2. The van der Waals surface area contributed by atoms with Crippen LogP contribution in [0.1, 0.15) is 26.6 Å². The number of nitrogens with zero attached hydrogens (tertiary/aromatic N) is 1.